The number of rotatable bonds is 2. The van der Waals surface area contributed by atoms with Crippen molar-refractivity contribution in [2.45, 2.75) is 75.9 Å². The Balaban J connectivity index is 1.39. The van der Waals surface area contributed by atoms with E-state index in [1.54, 1.807) is 0 Å². The molecule has 194 valence electrons. The molecule has 7 unspecified atom stereocenters. The number of aliphatic hydroxyl groups is 2. The predicted molar refractivity (Wildman–Crippen MR) is 146 cm³/mol. The Morgan fingerprint density at radius 3 is 2.65 bits per heavy atom. The molecule has 5 heteroatoms. The van der Waals surface area contributed by atoms with Crippen molar-refractivity contribution >= 4 is 16.5 Å². The number of pyridine rings is 1. The molecule has 1 aromatic carbocycles. The summed E-state index contributed by atoms with van der Waals surface area (Å²) in [4.78, 5) is 6.68. The fourth-order valence-corrected chi connectivity index (χ4v) is 8.82. The number of likely N-dealkylation sites (N-methyl/N-ethyl adjacent to an activating group) is 1. The zero-order chi connectivity index (χ0) is 26.0. The maximum atomic E-state index is 11.3. The summed E-state index contributed by atoms with van der Waals surface area (Å²) in [6.45, 7) is 7.15. The van der Waals surface area contributed by atoms with Gasteiger partial charge in [-0.25, -0.2) is 0 Å². The summed E-state index contributed by atoms with van der Waals surface area (Å²) in [6, 6.07) is 10.6. The number of benzene rings is 1. The highest BCUT2D eigenvalue weighted by Gasteiger charge is 2.70. The van der Waals surface area contributed by atoms with Gasteiger partial charge >= 0.3 is 0 Å². The van der Waals surface area contributed by atoms with Crippen molar-refractivity contribution in [3.05, 3.63) is 71.5 Å². The van der Waals surface area contributed by atoms with Crippen molar-refractivity contribution in [3.63, 3.8) is 0 Å². The van der Waals surface area contributed by atoms with E-state index in [9.17, 15) is 10.2 Å². The fraction of sp³-hybridized carbons (Fsp3) is 0.531. The van der Waals surface area contributed by atoms with Gasteiger partial charge in [0.2, 0.25) is 0 Å². The molecule has 5 aliphatic rings. The molecule has 1 aromatic heterocycles. The largest absolute Gasteiger partial charge is 0.388 e. The van der Waals surface area contributed by atoms with E-state index >= 15 is 0 Å². The van der Waals surface area contributed by atoms with Crippen LogP contribution in [0.1, 0.15) is 52.0 Å². The molecule has 7 rings (SSSR count). The highest BCUT2D eigenvalue weighted by atomic mass is 16.5. The van der Waals surface area contributed by atoms with Gasteiger partial charge < -0.3 is 19.8 Å². The van der Waals surface area contributed by atoms with Gasteiger partial charge in [0.1, 0.15) is 6.10 Å². The minimum atomic E-state index is -0.907. The van der Waals surface area contributed by atoms with E-state index in [0.717, 1.165) is 30.4 Å². The lowest BCUT2D eigenvalue weighted by atomic mass is 9.49. The maximum absolute atomic E-state index is 11.3. The highest BCUT2D eigenvalue weighted by molar-refractivity contribution is 5.94. The molecule has 7 atom stereocenters. The van der Waals surface area contributed by atoms with Crippen LogP contribution in [0.5, 0.6) is 0 Å². The van der Waals surface area contributed by atoms with E-state index in [0.29, 0.717) is 6.42 Å². The SMILES string of the molecule is CN(C)C1CC23CCC4(O2)C(=CC(C)(C)C2(C)C(c5cccc6ncccc56)=CCC42)C=C3C(O)C1O. The number of aromatic nitrogens is 1. The molecule has 3 heterocycles. The van der Waals surface area contributed by atoms with E-state index in [-0.39, 0.29) is 28.4 Å². The Kier molecular flexibility index (Phi) is 4.76. The first kappa shape index (κ1) is 23.8. The second kappa shape index (κ2) is 7.41. The number of ether oxygens (including phenoxy) is 1. The summed E-state index contributed by atoms with van der Waals surface area (Å²) in [5, 5.41) is 23.5. The lowest BCUT2D eigenvalue weighted by Crippen LogP contribution is -2.63. The van der Waals surface area contributed by atoms with Gasteiger partial charge in [0, 0.05) is 29.0 Å². The van der Waals surface area contributed by atoms with Gasteiger partial charge in [-0.3, -0.25) is 4.98 Å². The lowest BCUT2D eigenvalue weighted by molar-refractivity contribution is -0.170. The Bertz CT molecular complexity index is 1400. The molecule has 1 saturated carbocycles. The van der Waals surface area contributed by atoms with E-state index in [1.165, 1.54) is 22.1 Å². The van der Waals surface area contributed by atoms with Crippen LogP contribution >= 0.6 is 0 Å². The Labute approximate surface area is 219 Å². The minimum Gasteiger partial charge on any atom is -0.388 e. The molecule has 37 heavy (non-hydrogen) atoms. The maximum Gasteiger partial charge on any atom is 0.105 e. The molecule has 5 nitrogen and oxygen atoms in total. The molecule has 0 amide bonds. The molecular weight excluding hydrogens is 460 g/mol. The number of nitrogens with zero attached hydrogens (tertiary/aromatic N) is 2. The molecule has 1 saturated heterocycles. The van der Waals surface area contributed by atoms with E-state index < -0.39 is 17.8 Å². The smallest absolute Gasteiger partial charge is 0.105 e. The Morgan fingerprint density at radius 1 is 1.05 bits per heavy atom. The number of hydrogen-bond acceptors (Lipinski definition) is 5. The molecular formula is C32H38N2O3. The molecule has 0 radical (unpaired) electrons. The van der Waals surface area contributed by atoms with Crippen LogP contribution in [-0.4, -0.2) is 63.6 Å². The molecule has 2 bridgehead atoms. The van der Waals surface area contributed by atoms with Crippen molar-refractivity contribution in [3.8, 4) is 0 Å². The van der Waals surface area contributed by atoms with Gasteiger partial charge in [-0.05, 0) is 79.6 Å². The normalized spacial score (nSPS) is 41.6. The monoisotopic (exact) mass is 498 g/mol. The van der Waals surface area contributed by atoms with Crippen LogP contribution in [0.3, 0.4) is 0 Å². The van der Waals surface area contributed by atoms with Crippen LogP contribution in [0.25, 0.3) is 16.5 Å². The van der Waals surface area contributed by atoms with Crippen molar-refractivity contribution in [1.82, 2.24) is 9.88 Å². The second-order valence-corrected chi connectivity index (χ2v) is 13.1. The standard InChI is InChI=1S/C32H38N2O3/c1-29(2)17-19-16-23-27(35)28(36)25(34(4)5)18-31(23)13-14-32(19,37-31)26-12-11-22(30(26,29)3)20-8-6-10-24-21(20)9-7-15-33-24/h6-11,15-17,25-28,35-36H,12-14,18H2,1-5H3. The zero-order valence-electron chi connectivity index (χ0n) is 22.5. The minimum absolute atomic E-state index is 0.134. The molecule has 2 spiro atoms. The molecule has 3 aliphatic carbocycles. The summed E-state index contributed by atoms with van der Waals surface area (Å²) >= 11 is 0. The number of allylic oxidation sites excluding steroid dienone is 3. The first-order valence-corrected chi connectivity index (χ1v) is 13.8. The number of fused-ring (bicyclic) bond motifs is 2. The summed E-state index contributed by atoms with van der Waals surface area (Å²) in [6.07, 6.45) is 10.7. The summed E-state index contributed by atoms with van der Waals surface area (Å²) in [7, 11) is 3.97. The van der Waals surface area contributed by atoms with E-state index in [1.807, 2.05) is 31.3 Å². The van der Waals surface area contributed by atoms with Gasteiger partial charge in [-0.15, -0.1) is 0 Å². The van der Waals surface area contributed by atoms with Gasteiger partial charge in [0.25, 0.3) is 0 Å². The number of aliphatic hydroxyl groups excluding tert-OH is 2. The van der Waals surface area contributed by atoms with Crippen molar-refractivity contribution in [2.75, 3.05) is 14.1 Å². The average Bonchev–Trinajstić information content (AvgIpc) is 3.40. The quantitative estimate of drug-likeness (QED) is 0.617. The molecule has 2 aliphatic heterocycles. The average molecular weight is 499 g/mol. The van der Waals surface area contributed by atoms with Gasteiger partial charge in [0.15, 0.2) is 0 Å². The number of hydrogen-bond donors (Lipinski definition) is 2. The first-order chi connectivity index (χ1) is 17.5. The van der Waals surface area contributed by atoms with Crippen molar-refractivity contribution in [1.29, 1.82) is 0 Å². The summed E-state index contributed by atoms with van der Waals surface area (Å²) < 4.78 is 7.34. The summed E-state index contributed by atoms with van der Waals surface area (Å²) in [5.41, 5.74) is 4.62. The summed E-state index contributed by atoms with van der Waals surface area (Å²) in [5.74, 6) is 0.288. The first-order valence-electron chi connectivity index (χ1n) is 13.8. The van der Waals surface area contributed by atoms with E-state index in [2.05, 4.69) is 68.2 Å². The van der Waals surface area contributed by atoms with Gasteiger partial charge in [0.05, 0.1) is 22.8 Å². The molecule has 2 aromatic rings. The predicted octanol–water partition coefficient (Wildman–Crippen LogP) is 4.89. The van der Waals surface area contributed by atoms with Gasteiger partial charge in [-0.2, -0.15) is 0 Å². The van der Waals surface area contributed by atoms with E-state index in [4.69, 9.17) is 4.74 Å². The molecule has 2 fully saturated rings. The molecule has 2 N–H and O–H groups in total. The van der Waals surface area contributed by atoms with Gasteiger partial charge in [-0.1, -0.05) is 57.2 Å². The Hall–Kier alpha value is -2.31. The van der Waals surface area contributed by atoms with Crippen LogP contribution < -0.4 is 0 Å². The van der Waals surface area contributed by atoms with Crippen LogP contribution in [0.2, 0.25) is 0 Å². The third-order valence-electron chi connectivity index (χ3n) is 11.0. The third kappa shape index (κ3) is 2.81. The fourth-order valence-electron chi connectivity index (χ4n) is 8.82. The van der Waals surface area contributed by atoms with Crippen molar-refractivity contribution < 1.29 is 14.9 Å². The topological polar surface area (TPSA) is 65.8 Å². The van der Waals surface area contributed by atoms with Crippen LogP contribution in [0, 0.1) is 16.7 Å². The second-order valence-electron chi connectivity index (χ2n) is 13.1. The highest BCUT2D eigenvalue weighted by Crippen LogP contribution is 2.72. The Morgan fingerprint density at radius 2 is 1.86 bits per heavy atom. The third-order valence-corrected chi connectivity index (χ3v) is 11.0. The van der Waals surface area contributed by atoms with Crippen LogP contribution in [0.4, 0.5) is 0 Å². The lowest BCUT2D eigenvalue weighted by Gasteiger charge is -2.60. The van der Waals surface area contributed by atoms with Crippen LogP contribution in [0.15, 0.2) is 65.9 Å². The van der Waals surface area contributed by atoms with Crippen LogP contribution in [-0.2, 0) is 4.74 Å². The zero-order valence-corrected chi connectivity index (χ0v) is 22.5. The van der Waals surface area contributed by atoms with Crippen molar-refractivity contribution in [2.24, 2.45) is 16.7 Å².